The first-order chi connectivity index (χ1) is 6.27. The quantitative estimate of drug-likeness (QED) is 0.668. The van der Waals surface area contributed by atoms with Crippen LogP contribution in [0.3, 0.4) is 0 Å². The Kier molecular flexibility index (Phi) is 2.28. The van der Waals surface area contributed by atoms with Gasteiger partial charge in [0.1, 0.15) is 0 Å². The molecule has 0 saturated carbocycles. The standard InChI is InChI=1S/C11H12ClN/c1-8-7-13-5-4-9-2-3-10(12)6-11(8)9/h2-6,8,13H,7H2,1H3/t8-/m0/s1. The van der Waals surface area contributed by atoms with Crippen LogP contribution in [0.4, 0.5) is 0 Å². The van der Waals surface area contributed by atoms with Crippen molar-refractivity contribution >= 4 is 17.7 Å². The molecule has 1 atom stereocenters. The Morgan fingerprint density at radius 1 is 1.46 bits per heavy atom. The van der Waals surface area contributed by atoms with Crippen molar-refractivity contribution in [2.24, 2.45) is 0 Å². The molecule has 0 saturated heterocycles. The maximum atomic E-state index is 5.95. The third kappa shape index (κ3) is 1.70. The SMILES string of the molecule is C[C@H]1CNC=Cc2ccc(Cl)cc21. The molecule has 68 valence electrons. The monoisotopic (exact) mass is 193 g/mol. The lowest BCUT2D eigenvalue weighted by Gasteiger charge is -2.12. The van der Waals surface area contributed by atoms with E-state index in [1.807, 2.05) is 12.3 Å². The molecule has 1 aromatic carbocycles. The summed E-state index contributed by atoms with van der Waals surface area (Å²) in [6, 6.07) is 6.05. The number of benzene rings is 1. The van der Waals surface area contributed by atoms with Crippen LogP contribution in [0.15, 0.2) is 24.4 Å². The molecular weight excluding hydrogens is 182 g/mol. The summed E-state index contributed by atoms with van der Waals surface area (Å²) in [7, 11) is 0. The van der Waals surface area contributed by atoms with Crippen LogP contribution in [0.2, 0.25) is 5.02 Å². The van der Waals surface area contributed by atoms with Crippen molar-refractivity contribution in [3.63, 3.8) is 0 Å². The first kappa shape index (κ1) is 8.64. The van der Waals surface area contributed by atoms with Crippen molar-refractivity contribution in [2.75, 3.05) is 6.54 Å². The Morgan fingerprint density at radius 3 is 3.15 bits per heavy atom. The van der Waals surface area contributed by atoms with Crippen LogP contribution in [0.25, 0.3) is 6.08 Å². The zero-order valence-electron chi connectivity index (χ0n) is 7.55. The zero-order valence-corrected chi connectivity index (χ0v) is 8.31. The van der Waals surface area contributed by atoms with Gasteiger partial charge < -0.3 is 5.32 Å². The summed E-state index contributed by atoms with van der Waals surface area (Å²) in [5.74, 6) is 0.517. The summed E-state index contributed by atoms with van der Waals surface area (Å²) >= 11 is 5.95. The lowest BCUT2D eigenvalue weighted by atomic mass is 9.96. The van der Waals surface area contributed by atoms with Gasteiger partial charge >= 0.3 is 0 Å². The third-order valence-corrected chi connectivity index (χ3v) is 2.62. The molecule has 0 aliphatic carbocycles. The van der Waals surface area contributed by atoms with Gasteiger partial charge in [0.05, 0.1) is 0 Å². The molecule has 0 bridgehead atoms. The molecule has 1 nitrogen and oxygen atoms in total. The third-order valence-electron chi connectivity index (χ3n) is 2.38. The number of fused-ring (bicyclic) bond motifs is 1. The molecule has 1 N–H and O–H groups in total. The average molecular weight is 194 g/mol. The Bertz CT molecular complexity index is 344. The van der Waals surface area contributed by atoms with Gasteiger partial charge in [-0.25, -0.2) is 0 Å². The largest absolute Gasteiger partial charge is 0.390 e. The molecule has 1 heterocycles. The van der Waals surface area contributed by atoms with Crippen molar-refractivity contribution in [1.82, 2.24) is 5.32 Å². The fraction of sp³-hybridized carbons (Fsp3) is 0.273. The van der Waals surface area contributed by atoms with Crippen LogP contribution in [-0.4, -0.2) is 6.54 Å². The van der Waals surface area contributed by atoms with Gasteiger partial charge in [-0.3, -0.25) is 0 Å². The predicted molar refractivity (Wildman–Crippen MR) is 56.9 cm³/mol. The van der Waals surface area contributed by atoms with E-state index in [4.69, 9.17) is 11.6 Å². The topological polar surface area (TPSA) is 12.0 Å². The second-order valence-electron chi connectivity index (χ2n) is 3.42. The minimum atomic E-state index is 0.517. The molecule has 0 fully saturated rings. The van der Waals surface area contributed by atoms with E-state index >= 15 is 0 Å². The Labute approximate surface area is 83.4 Å². The molecule has 1 aliphatic heterocycles. The second-order valence-corrected chi connectivity index (χ2v) is 3.85. The van der Waals surface area contributed by atoms with Gasteiger partial charge in [0.2, 0.25) is 0 Å². The average Bonchev–Trinajstić information content (AvgIpc) is 2.29. The molecule has 0 spiro atoms. The van der Waals surface area contributed by atoms with E-state index in [1.165, 1.54) is 11.1 Å². The Hall–Kier alpha value is -0.950. The summed E-state index contributed by atoms with van der Waals surface area (Å²) in [6.45, 7) is 3.18. The molecule has 0 unspecified atom stereocenters. The number of hydrogen-bond acceptors (Lipinski definition) is 1. The van der Waals surface area contributed by atoms with Crippen LogP contribution < -0.4 is 5.32 Å². The highest BCUT2D eigenvalue weighted by Crippen LogP contribution is 2.25. The van der Waals surface area contributed by atoms with Crippen molar-refractivity contribution in [3.05, 3.63) is 40.5 Å². The maximum absolute atomic E-state index is 5.95. The molecule has 1 aromatic rings. The van der Waals surface area contributed by atoms with Gasteiger partial charge in [-0.1, -0.05) is 24.6 Å². The molecule has 2 rings (SSSR count). The van der Waals surface area contributed by atoms with Crippen molar-refractivity contribution in [1.29, 1.82) is 0 Å². The number of halogens is 1. The summed E-state index contributed by atoms with van der Waals surface area (Å²) in [6.07, 6.45) is 4.09. The molecule has 13 heavy (non-hydrogen) atoms. The second kappa shape index (κ2) is 3.43. The van der Waals surface area contributed by atoms with E-state index in [2.05, 4.69) is 30.4 Å². The molecule has 2 heteroatoms. The van der Waals surface area contributed by atoms with E-state index in [9.17, 15) is 0 Å². The summed E-state index contributed by atoms with van der Waals surface area (Å²) < 4.78 is 0. The molecular formula is C11H12ClN. The van der Waals surface area contributed by atoms with Crippen molar-refractivity contribution in [2.45, 2.75) is 12.8 Å². The highest BCUT2D eigenvalue weighted by molar-refractivity contribution is 6.30. The van der Waals surface area contributed by atoms with Crippen LogP contribution in [-0.2, 0) is 0 Å². The fourth-order valence-corrected chi connectivity index (χ4v) is 1.81. The summed E-state index contributed by atoms with van der Waals surface area (Å²) in [5.41, 5.74) is 2.59. The number of nitrogens with one attached hydrogen (secondary N) is 1. The van der Waals surface area contributed by atoms with Crippen LogP contribution >= 0.6 is 11.6 Å². The molecule has 0 radical (unpaired) electrons. The van der Waals surface area contributed by atoms with Gasteiger partial charge in [0.15, 0.2) is 0 Å². The highest BCUT2D eigenvalue weighted by atomic mass is 35.5. The Morgan fingerprint density at radius 2 is 2.31 bits per heavy atom. The summed E-state index contributed by atoms with van der Waals surface area (Å²) in [5, 5.41) is 4.06. The zero-order chi connectivity index (χ0) is 9.26. The van der Waals surface area contributed by atoms with Gasteiger partial charge in [0.25, 0.3) is 0 Å². The van der Waals surface area contributed by atoms with Crippen molar-refractivity contribution < 1.29 is 0 Å². The maximum Gasteiger partial charge on any atom is 0.0409 e. The van der Waals surface area contributed by atoms with E-state index in [-0.39, 0.29) is 0 Å². The smallest absolute Gasteiger partial charge is 0.0409 e. The molecule has 0 amide bonds. The van der Waals surface area contributed by atoms with Gasteiger partial charge in [-0.05, 0) is 41.5 Å². The minimum Gasteiger partial charge on any atom is -0.390 e. The normalized spacial score (nSPS) is 20.3. The van der Waals surface area contributed by atoms with Gasteiger partial charge in [0, 0.05) is 11.6 Å². The van der Waals surface area contributed by atoms with E-state index < -0.39 is 0 Å². The Balaban J connectivity index is 2.51. The van der Waals surface area contributed by atoms with E-state index in [0.717, 1.165) is 11.6 Å². The van der Waals surface area contributed by atoms with E-state index in [1.54, 1.807) is 0 Å². The van der Waals surface area contributed by atoms with E-state index in [0.29, 0.717) is 5.92 Å². The summed E-state index contributed by atoms with van der Waals surface area (Å²) in [4.78, 5) is 0. The van der Waals surface area contributed by atoms with Crippen LogP contribution in [0, 0.1) is 0 Å². The van der Waals surface area contributed by atoms with Crippen LogP contribution in [0.5, 0.6) is 0 Å². The highest BCUT2D eigenvalue weighted by Gasteiger charge is 2.11. The first-order valence-electron chi connectivity index (χ1n) is 4.47. The number of hydrogen-bond donors (Lipinski definition) is 1. The molecule has 1 aliphatic rings. The van der Waals surface area contributed by atoms with Crippen LogP contribution in [0.1, 0.15) is 24.0 Å². The first-order valence-corrected chi connectivity index (χ1v) is 4.84. The predicted octanol–water partition coefficient (Wildman–Crippen LogP) is 3.02. The van der Waals surface area contributed by atoms with Gasteiger partial charge in [-0.15, -0.1) is 0 Å². The fourth-order valence-electron chi connectivity index (χ4n) is 1.63. The lowest BCUT2D eigenvalue weighted by Crippen LogP contribution is -2.12. The number of rotatable bonds is 0. The van der Waals surface area contributed by atoms with Gasteiger partial charge in [-0.2, -0.15) is 0 Å². The molecule has 0 aromatic heterocycles. The lowest BCUT2D eigenvalue weighted by molar-refractivity contribution is 0.708. The minimum absolute atomic E-state index is 0.517. The van der Waals surface area contributed by atoms with Crippen molar-refractivity contribution in [3.8, 4) is 0 Å².